The zero-order valence-corrected chi connectivity index (χ0v) is 19.3. The standard InChI is InChI=1S/C26H30N4O3/c1-26(10-3-11-26)25(32)29-16-14-28(15-17-29)22-8-12-27-23-21(22)9-13-30(23)18-19-4-6-20(7-5-19)24(31)33-2/h4-9,12-13H,3,10-11,14-18H2,1-2H3. The number of carbonyl (C=O) groups excluding carboxylic acids is 2. The third kappa shape index (κ3) is 3.96. The van der Waals surface area contributed by atoms with Crippen LogP contribution in [-0.2, 0) is 16.1 Å². The van der Waals surface area contributed by atoms with E-state index >= 15 is 0 Å². The molecule has 7 heteroatoms. The Kier molecular flexibility index (Phi) is 5.56. The lowest BCUT2D eigenvalue weighted by Crippen LogP contribution is -2.54. The number of aromatic nitrogens is 2. The Bertz CT molecular complexity index is 1170. The SMILES string of the molecule is COC(=O)c1ccc(Cn2ccc3c(N4CCN(C(=O)C5(C)CCC5)CC4)ccnc32)cc1. The number of ether oxygens (including phenoxy) is 1. The van der Waals surface area contributed by atoms with Gasteiger partial charge in [-0.05, 0) is 42.7 Å². The molecule has 5 rings (SSSR count). The first-order chi connectivity index (χ1) is 16.0. The Labute approximate surface area is 193 Å². The zero-order valence-electron chi connectivity index (χ0n) is 19.3. The molecule has 0 spiro atoms. The van der Waals surface area contributed by atoms with Gasteiger partial charge < -0.3 is 19.1 Å². The van der Waals surface area contributed by atoms with Gasteiger partial charge in [0.1, 0.15) is 5.65 Å². The van der Waals surface area contributed by atoms with Gasteiger partial charge in [-0.1, -0.05) is 25.5 Å². The highest BCUT2D eigenvalue weighted by Gasteiger charge is 2.42. The van der Waals surface area contributed by atoms with Crippen molar-refractivity contribution in [3.05, 3.63) is 59.9 Å². The van der Waals surface area contributed by atoms with Crippen LogP contribution in [0.25, 0.3) is 11.0 Å². The van der Waals surface area contributed by atoms with Gasteiger partial charge in [-0.3, -0.25) is 4.79 Å². The summed E-state index contributed by atoms with van der Waals surface area (Å²) in [6, 6.07) is 11.7. The van der Waals surface area contributed by atoms with Crippen LogP contribution < -0.4 is 4.90 Å². The summed E-state index contributed by atoms with van der Waals surface area (Å²) in [5.41, 5.74) is 3.61. The molecule has 1 amide bonds. The summed E-state index contributed by atoms with van der Waals surface area (Å²) in [5.74, 6) is 0.000471. The Morgan fingerprint density at radius 3 is 2.39 bits per heavy atom. The van der Waals surface area contributed by atoms with Crippen LogP contribution >= 0.6 is 0 Å². The number of anilines is 1. The first kappa shape index (κ1) is 21.5. The first-order valence-corrected chi connectivity index (χ1v) is 11.6. The van der Waals surface area contributed by atoms with Crippen molar-refractivity contribution < 1.29 is 14.3 Å². The van der Waals surface area contributed by atoms with E-state index in [-0.39, 0.29) is 11.4 Å². The molecule has 3 heterocycles. The largest absolute Gasteiger partial charge is 0.465 e. The van der Waals surface area contributed by atoms with Crippen molar-refractivity contribution in [2.24, 2.45) is 5.41 Å². The molecule has 172 valence electrons. The number of fused-ring (bicyclic) bond motifs is 1. The molecular weight excluding hydrogens is 416 g/mol. The fourth-order valence-corrected chi connectivity index (χ4v) is 4.99. The molecule has 2 fully saturated rings. The maximum Gasteiger partial charge on any atom is 0.337 e. The van der Waals surface area contributed by atoms with Crippen molar-refractivity contribution in [3.8, 4) is 0 Å². The molecule has 3 aromatic rings. The van der Waals surface area contributed by atoms with Crippen LogP contribution in [0.1, 0.15) is 42.1 Å². The number of amides is 1. The predicted octanol–water partition coefficient (Wildman–Crippen LogP) is 3.71. The van der Waals surface area contributed by atoms with E-state index in [1.54, 1.807) is 12.1 Å². The lowest BCUT2D eigenvalue weighted by Gasteiger charge is -2.44. The smallest absolute Gasteiger partial charge is 0.337 e. The zero-order chi connectivity index (χ0) is 23.0. The number of carbonyl (C=O) groups is 2. The number of methoxy groups -OCH3 is 1. The number of piperazine rings is 1. The van der Waals surface area contributed by atoms with Crippen molar-refractivity contribution >= 4 is 28.6 Å². The topological polar surface area (TPSA) is 67.7 Å². The Morgan fingerprint density at radius 2 is 1.76 bits per heavy atom. The number of nitrogens with zero attached hydrogens (tertiary/aromatic N) is 4. The van der Waals surface area contributed by atoms with Crippen LogP contribution in [0.5, 0.6) is 0 Å². The average Bonchev–Trinajstić information content (AvgIpc) is 3.25. The van der Waals surface area contributed by atoms with Gasteiger partial charge in [-0.2, -0.15) is 0 Å². The van der Waals surface area contributed by atoms with Crippen molar-refractivity contribution in [1.82, 2.24) is 14.5 Å². The molecular formula is C26H30N4O3. The van der Waals surface area contributed by atoms with Gasteiger partial charge in [-0.25, -0.2) is 9.78 Å². The van der Waals surface area contributed by atoms with E-state index in [2.05, 4.69) is 44.6 Å². The molecule has 0 N–H and O–H groups in total. The summed E-state index contributed by atoms with van der Waals surface area (Å²) in [6.45, 7) is 5.99. The Morgan fingerprint density at radius 1 is 1.03 bits per heavy atom. The van der Waals surface area contributed by atoms with Crippen LogP contribution in [0.2, 0.25) is 0 Å². The van der Waals surface area contributed by atoms with Crippen molar-refractivity contribution in [3.63, 3.8) is 0 Å². The lowest BCUT2D eigenvalue weighted by atomic mass is 9.69. The molecule has 1 aromatic carbocycles. The fourth-order valence-electron chi connectivity index (χ4n) is 4.99. The number of benzene rings is 1. The third-order valence-electron chi connectivity index (χ3n) is 7.25. The van der Waals surface area contributed by atoms with E-state index in [9.17, 15) is 9.59 Å². The monoisotopic (exact) mass is 446 g/mol. The molecule has 2 aliphatic rings. The van der Waals surface area contributed by atoms with E-state index < -0.39 is 0 Å². The third-order valence-corrected chi connectivity index (χ3v) is 7.25. The minimum atomic E-state index is -0.331. The molecule has 0 radical (unpaired) electrons. The highest BCUT2D eigenvalue weighted by molar-refractivity contribution is 5.91. The van der Waals surface area contributed by atoms with E-state index in [0.717, 1.165) is 55.6 Å². The molecule has 1 aliphatic heterocycles. The summed E-state index contributed by atoms with van der Waals surface area (Å²) < 4.78 is 6.90. The van der Waals surface area contributed by atoms with Crippen LogP contribution in [0, 0.1) is 5.41 Å². The number of esters is 1. The Balaban J connectivity index is 1.30. The van der Waals surface area contributed by atoms with E-state index in [4.69, 9.17) is 4.74 Å². The van der Waals surface area contributed by atoms with Crippen LogP contribution in [-0.4, -0.2) is 59.6 Å². The van der Waals surface area contributed by atoms with Gasteiger partial charge in [0.25, 0.3) is 0 Å². The number of pyridine rings is 1. The van der Waals surface area contributed by atoms with Crippen molar-refractivity contribution in [2.75, 3.05) is 38.2 Å². The van der Waals surface area contributed by atoms with Crippen LogP contribution in [0.4, 0.5) is 5.69 Å². The first-order valence-electron chi connectivity index (χ1n) is 11.6. The molecule has 0 bridgehead atoms. The highest BCUT2D eigenvalue weighted by atomic mass is 16.5. The summed E-state index contributed by atoms with van der Waals surface area (Å²) in [6.07, 6.45) is 7.14. The molecule has 1 aliphatic carbocycles. The van der Waals surface area contributed by atoms with Crippen LogP contribution in [0.3, 0.4) is 0 Å². The molecule has 0 unspecified atom stereocenters. The lowest BCUT2D eigenvalue weighted by molar-refractivity contribution is -0.146. The van der Waals surface area contributed by atoms with E-state index in [0.29, 0.717) is 18.0 Å². The molecule has 1 saturated carbocycles. The maximum absolute atomic E-state index is 12.9. The normalized spacial score (nSPS) is 17.6. The highest BCUT2D eigenvalue weighted by Crippen LogP contribution is 2.42. The Hall–Kier alpha value is -3.35. The maximum atomic E-state index is 12.9. The fraction of sp³-hybridized carbons (Fsp3) is 0.423. The van der Waals surface area contributed by atoms with Gasteiger partial charge in [0, 0.05) is 61.6 Å². The molecule has 2 aromatic heterocycles. The number of hydrogen-bond donors (Lipinski definition) is 0. The van der Waals surface area contributed by atoms with Gasteiger partial charge in [0.05, 0.1) is 12.7 Å². The molecule has 1 saturated heterocycles. The molecule has 7 nitrogen and oxygen atoms in total. The van der Waals surface area contributed by atoms with Gasteiger partial charge in [-0.15, -0.1) is 0 Å². The van der Waals surface area contributed by atoms with E-state index in [1.165, 1.54) is 19.2 Å². The van der Waals surface area contributed by atoms with Gasteiger partial charge in [0.15, 0.2) is 0 Å². The van der Waals surface area contributed by atoms with E-state index in [1.807, 2.05) is 18.3 Å². The summed E-state index contributed by atoms with van der Waals surface area (Å²) in [4.78, 5) is 33.6. The van der Waals surface area contributed by atoms with Crippen molar-refractivity contribution in [2.45, 2.75) is 32.7 Å². The number of rotatable bonds is 5. The quantitative estimate of drug-likeness (QED) is 0.559. The molecule has 0 atom stereocenters. The van der Waals surface area contributed by atoms with Gasteiger partial charge >= 0.3 is 5.97 Å². The van der Waals surface area contributed by atoms with Crippen molar-refractivity contribution in [1.29, 1.82) is 0 Å². The molecule has 33 heavy (non-hydrogen) atoms. The summed E-state index contributed by atoms with van der Waals surface area (Å²) in [7, 11) is 1.39. The predicted molar refractivity (Wildman–Crippen MR) is 127 cm³/mol. The van der Waals surface area contributed by atoms with Gasteiger partial charge in [0.2, 0.25) is 5.91 Å². The summed E-state index contributed by atoms with van der Waals surface area (Å²) in [5, 5.41) is 1.12. The van der Waals surface area contributed by atoms with Crippen LogP contribution in [0.15, 0.2) is 48.8 Å². The second-order valence-electron chi connectivity index (χ2n) is 9.39. The minimum Gasteiger partial charge on any atom is -0.465 e. The second-order valence-corrected chi connectivity index (χ2v) is 9.39. The number of hydrogen-bond acceptors (Lipinski definition) is 5. The minimum absolute atomic E-state index is 0.127. The summed E-state index contributed by atoms with van der Waals surface area (Å²) >= 11 is 0. The average molecular weight is 447 g/mol. The second kappa shape index (κ2) is 8.54.